The molecule has 1 saturated carbocycles. The van der Waals surface area contributed by atoms with Crippen LogP contribution in [0.3, 0.4) is 0 Å². The fourth-order valence-electron chi connectivity index (χ4n) is 5.81. The topological polar surface area (TPSA) is 88.2 Å². The number of phenols is 1. The summed E-state index contributed by atoms with van der Waals surface area (Å²) in [7, 11) is 1.98. The maximum atomic E-state index is 15.8. The zero-order valence-corrected chi connectivity index (χ0v) is 19.4. The number of imidazole rings is 1. The second-order valence-corrected chi connectivity index (χ2v) is 9.57. The fraction of sp³-hybridized carbons (Fsp3) is 0.560. The van der Waals surface area contributed by atoms with Crippen molar-refractivity contribution in [2.24, 2.45) is 5.92 Å². The molecule has 0 radical (unpaired) electrons. The van der Waals surface area contributed by atoms with Crippen LogP contribution in [0, 0.1) is 5.92 Å². The van der Waals surface area contributed by atoms with Gasteiger partial charge in [0, 0.05) is 38.0 Å². The third-order valence-corrected chi connectivity index (χ3v) is 7.64. The quantitative estimate of drug-likeness (QED) is 0.442. The van der Waals surface area contributed by atoms with Gasteiger partial charge < -0.3 is 15.4 Å². The number of aromatic nitrogens is 2. The lowest BCUT2D eigenvalue weighted by atomic mass is 9.71. The first-order valence-electron chi connectivity index (χ1n) is 12.2. The number of alkyl halides is 1. The van der Waals surface area contributed by atoms with E-state index in [1.54, 1.807) is 12.1 Å². The molecule has 5 unspecified atom stereocenters. The summed E-state index contributed by atoms with van der Waals surface area (Å²) in [5.74, 6) is 1.11. The molecular formula is C25H35FN6O. The maximum absolute atomic E-state index is 15.8. The number of aromatic hydroxyl groups is 1. The minimum absolute atomic E-state index is 0.0317. The highest BCUT2D eigenvalue weighted by Gasteiger charge is 2.48. The third kappa shape index (κ3) is 4.33. The Kier molecular flexibility index (Phi) is 6.51. The number of likely N-dealkylation sites (N-methyl/N-ethyl adjacent to an activating group) is 1. The van der Waals surface area contributed by atoms with E-state index in [1.165, 1.54) is 5.57 Å². The molecule has 0 bridgehead atoms. The number of hydrogen-bond acceptors (Lipinski definition) is 6. The second-order valence-electron chi connectivity index (χ2n) is 9.57. The molecule has 178 valence electrons. The van der Waals surface area contributed by atoms with Crippen LogP contribution in [0.4, 0.5) is 4.39 Å². The Labute approximate surface area is 194 Å². The standard InChI is InChI=1S/C25H35FN6O/c1-3-15-12-17(33)4-5-18(15)19-6-7-20-23(22(19)26)30-31-24(20)25-28-13-21(29-25)16-8-10-32(14-16)11-9-27-2/h4-5,8,12-13,19-20,22-24,27,30-31,33H,3,6-7,9-11,14H2,1-2H3,(H,28,29). The highest BCUT2D eigenvalue weighted by atomic mass is 19.1. The number of nitrogens with zero attached hydrogens (tertiary/aromatic N) is 2. The largest absolute Gasteiger partial charge is 0.508 e. The summed E-state index contributed by atoms with van der Waals surface area (Å²) in [6.45, 7) is 5.94. The van der Waals surface area contributed by atoms with E-state index in [0.29, 0.717) is 0 Å². The Bertz CT molecular complexity index is 1010. The van der Waals surface area contributed by atoms with Crippen LogP contribution >= 0.6 is 0 Å². The number of hydrogen-bond donors (Lipinski definition) is 5. The SMILES string of the molecule is CCc1cc(O)ccc1C1CCC2C(c3ncc(C4=CCN(CCNC)C4)[nH]3)NNC2C1F. The van der Waals surface area contributed by atoms with Gasteiger partial charge in [-0.15, -0.1) is 0 Å². The number of H-pyrrole nitrogens is 1. The van der Waals surface area contributed by atoms with Crippen molar-refractivity contribution in [1.82, 2.24) is 31.0 Å². The molecule has 1 aliphatic carbocycles. The Morgan fingerprint density at radius 1 is 1.27 bits per heavy atom. The van der Waals surface area contributed by atoms with Crippen molar-refractivity contribution in [1.29, 1.82) is 0 Å². The van der Waals surface area contributed by atoms with Crippen LogP contribution < -0.4 is 16.2 Å². The normalized spacial score (nSPS) is 29.9. The molecule has 0 spiro atoms. The summed E-state index contributed by atoms with van der Waals surface area (Å²) in [5.41, 5.74) is 11.0. The van der Waals surface area contributed by atoms with Crippen LogP contribution in [0.1, 0.15) is 54.4 Å². The van der Waals surface area contributed by atoms with Crippen molar-refractivity contribution >= 4 is 5.57 Å². The first-order chi connectivity index (χ1) is 16.1. The highest BCUT2D eigenvalue weighted by molar-refractivity contribution is 5.66. The Balaban J connectivity index is 1.27. The molecule has 5 atom stereocenters. The smallest absolute Gasteiger partial charge is 0.125 e. The van der Waals surface area contributed by atoms with Gasteiger partial charge in [0.25, 0.3) is 0 Å². The fourth-order valence-corrected chi connectivity index (χ4v) is 5.81. The van der Waals surface area contributed by atoms with Gasteiger partial charge in [-0.1, -0.05) is 19.1 Å². The summed E-state index contributed by atoms with van der Waals surface area (Å²) in [6.07, 6.45) is 5.68. The van der Waals surface area contributed by atoms with Crippen molar-refractivity contribution < 1.29 is 9.50 Å². The molecule has 5 N–H and O–H groups in total. The molecule has 7 nitrogen and oxygen atoms in total. The zero-order valence-electron chi connectivity index (χ0n) is 19.4. The van der Waals surface area contributed by atoms with Crippen LogP contribution in [0.15, 0.2) is 30.5 Å². The lowest BCUT2D eigenvalue weighted by molar-refractivity contribution is 0.135. The van der Waals surface area contributed by atoms with E-state index < -0.39 is 6.17 Å². The lowest BCUT2D eigenvalue weighted by Gasteiger charge is -2.36. The first-order valence-corrected chi connectivity index (χ1v) is 12.2. The Morgan fingerprint density at radius 3 is 2.97 bits per heavy atom. The molecule has 0 amide bonds. The third-order valence-electron chi connectivity index (χ3n) is 7.64. The van der Waals surface area contributed by atoms with E-state index in [9.17, 15) is 5.11 Å². The van der Waals surface area contributed by atoms with E-state index in [4.69, 9.17) is 0 Å². The van der Waals surface area contributed by atoms with Crippen LogP contribution in [0.5, 0.6) is 5.75 Å². The minimum atomic E-state index is -0.996. The summed E-state index contributed by atoms with van der Waals surface area (Å²) in [6, 6.07) is 5.07. The highest BCUT2D eigenvalue weighted by Crippen LogP contribution is 2.45. The summed E-state index contributed by atoms with van der Waals surface area (Å²) < 4.78 is 15.8. The number of aromatic amines is 1. The molecule has 8 heteroatoms. The van der Waals surface area contributed by atoms with E-state index >= 15 is 4.39 Å². The maximum Gasteiger partial charge on any atom is 0.125 e. The van der Waals surface area contributed by atoms with Gasteiger partial charge in [-0.05, 0) is 55.1 Å². The molecule has 2 fully saturated rings. The van der Waals surface area contributed by atoms with E-state index in [2.05, 4.69) is 44.0 Å². The average molecular weight is 455 g/mol. The summed E-state index contributed by atoms with van der Waals surface area (Å²) >= 11 is 0. The van der Waals surface area contributed by atoms with Gasteiger partial charge in [-0.2, -0.15) is 0 Å². The number of benzene rings is 1. The molecule has 5 rings (SSSR count). The number of hydrazine groups is 1. The monoisotopic (exact) mass is 454 g/mol. The van der Waals surface area contributed by atoms with Crippen LogP contribution in [-0.2, 0) is 6.42 Å². The molecule has 1 aromatic carbocycles. The second kappa shape index (κ2) is 9.54. The molecule has 3 heterocycles. The van der Waals surface area contributed by atoms with Gasteiger partial charge in [0.1, 0.15) is 17.7 Å². The zero-order chi connectivity index (χ0) is 22.9. The van der Waals surface area contributed by atoms with Crippen molar-refractivity contribution in [3.05, 3.63) is 53.1 Å². The van der Waals surface area contributed by atoms with Gasteiger partial charge in [0.15, 0.2) is 0 Å². The van der Waals surface area contributed by atoms with Gasteiger partial charge in [-0.25, -0.2) is 14.8 Å². The summed E-state index contributed by atoms with van der Waals surface area (Å²) in [4.78, 5) is 10.6. The first kappa shape index (κ1) is 22.5. The number of rotatable bonds is 7. The molecule has 2 aliphatic heterocycles. The Hall–Kier alpha value is -2.26. The van der Waals surface area contributed by atoms with E-state index in [0.717, 1.165) is 68.1 Å². The van der Waals surface area contributed by atoms with Crippen molar-refractivity contribution in [2.75, 3.05) is 33.2 Å². The van der Waals surface area contributed by atoms with Gasteiger partial charge in [0.2, 0.25) is 0 Å². The molecule has 2 aromatic rings. The number of aryl methyl sites for hydroxylation is 1. The van der Waals surface area contributed by atoms with Crippen LogP contribution in [-0.4, -0.2) is 65.4 Å². The average Bonchev–Trinajstić information content (AvgIpc) is 3.57. The molecule has 3 aliphatic rings. The number of halogens is 1. The number of fused-ring (bicyclic) bond motifs is 1. The van der Waals surface area contributed by atoms with Crippen LogP contribution in [0.2, 0.25) is 0 Å². The van der Waals surface area contributed by atoms with E-state index in [1.807, 2.05) is 19.3 Å². The minimum Gasteiger partial charge on any atom is -0.508 e. The summed E-state index contributed by atoms with van der Waals surface area (Å²) in [5, 5.41) is 13.0. The lowest BCUT2D eigenvalue weighted by Crippen LogP contribution is -2.45. The van der Waals surface area contributed by atoms with Gasteiger partial charge in [-0.3, -0.25) is 10.3 Å². The number of phenolic OH excluding ortho intramolecular Hbond substituents is 1. The number of nitrogens with one attached hydrogen (secondary N) is 4. The molecule has 33 heavy (non-hydrogen) atoms. The van der Waals surface area contributed by atoms with Gasteiger partial charge >= 0.3 is 0 Å². The molecule has 1 aromatic heterocycles. The van der Waals surface area contributed by atoms with E-state index in [-0.39, 0.29) is 29.7 Å². The predicted molar refractivity (Wildman–Crippen MR) is 128 cm³/mol. The van der Waals surface area contributed by atoms with Crippen molar-refractivity contribution in [3.8, 4) is 5.75 Å². The van der Waals surface area contributed by atoms with Gasteiger partial charge in [0.05, 0.1) is 24.0 Å². The van der Waals surface area contributed by atoms with Crippen molar-refractivity contribution in [3.63, 3.8) is 0 Å². The molecular weight excluding hydrogens is 419 g/mol. The predicted octanol–water partition coefficient (Wildman–Crippen LogP) is 2.65. The Morgan fingerprint density at radius 2 is 2.15 bits per heavy atom. The van der Waals surface area contributed by atoms with Crippen LogP contribution in [0.25, 0.3) is 5.57 Å². The molecule has 1 saturated heterocycles. The van der Waals surface area contributed by atoms with Crippen molar-refractivity contribution in [2.45, 2.75) is 50.4 Å².